The third-order valence-corrected chi connectivity index (χ3v) is 1.91. The van der Waals surface area contributed by atoms with Crippen LogP contribution in [-0.2, 0) is 4.79 Å². The highest BCUT2D eigenvalue weighted by atomic mass is 35.5. The zero-order valence-corrected chi connectivity index (χ0v) is 7.43. The van der Waals surface area contributed by atoms with Crippen LogP contribution >= 0.6 is 11.6 Å². The van der Waals surface area contributed by atoms with Gasteiger partial charge in [0, 0.05) is 5.03 Å². The molecule has 1 rings (SSSR count). The number of allylic oxidation sites excluding steroid dienone is 4. The fraction of sp³-hybridized carbons (Fsp3) is 0.222. The average Bonchev–Trinajstić information content (AvgIpc) is 2.13. The van der Waals surface area contributed by atoms with Crippen molar-refractivity contribution in [1.29, 1.82) is 0 Å². The molecule has 0 unspecified atom stereocenters. The normalized spacial score (nSPS) is 17.3. The number of carboxylic acids is 1. The van der Waals surface area contributed by atoms with Gasteiger partial charge in [-0.15, -0.1) is 0 Å². The van der Waals surface area contributed by atoms with Gasteiger partial charge >= 0.3 is 5.97 Å². The number of aliphatic carboxylic acids is 1. The van der Waals surface area contributed by atoms with Crippen LogP contribution in [0.1, 0.15) is 13.3 Å². The summed E-state index contributed by atoms with van der Waals surface area (Å²) in [5, 5.41) is 9.22. The molecule has 1 N–H and O–H groups in total. The molecule has 0 amide bonds. The first-order valence-electron chi connectivity index (χ1n) is 3.58. The molecule has 0 saturated carbocycles. The fourth-order valence-electron chi connectivity index (χ4n) is 1.01. The first kappa shape index (κ1) is 9.07. The predicted molar refractivity (Wildman–Crippen MR) is 48.0 cm³/mol. The maximum atomic E-state index is 10.7. The Labute approximate surface area is 75.8 Å². The Bertz CT molecular complexity index is 298. The highest BCUT2D eigenvalue weighted by molar-refractivity contribution is 6.31. The Balaban J connectivity index is 3.09. The number of hydrogen-bond donors (Lipinski definition) is 1. The first-order valence-corrected chi connectivity index (χ1v) is 3.96. The standard InChI is InChI=1S/C9H9ClO2/c1-6-3-2-4-7(10)5-8(6)9(11)12/h2,4-5H,3H2,1H3,(H,11,12). The second-order valence-electron chi connectivity index (χ2n) is 2.63. The monoisotopic (exact) mass is 184 g/mol. The third-order valence-electron chi connectivity index (χ3n) is 1.67. The van der Waals surface area contributed by atoms with Crippen LogP contribution in [-0.4, -0.2) is 11.1 Å². The maximum Gasteiger partial charge on any atom is 0.335 e. The van der Waals surface area contributed by atoms with Gasteiger partial charge in [-0.2, -0.15) is 0 Å². The minimum Gasteiger partial charge on any atom is -0.478 e. The molecule has 64 valence electrons. The van der Waals surface area contributed by atoms with Gasteiger partial charge in [-0.1, -0.05) is 23.3 Å². The van der Waals surface area contributed by atoms with Crippen molar-refractivity contribution in [2.75, 3.05) is 0 Å². The summed E-state index contributed by atoms with van der Waals surface area (Å²) in [6.07, 6.45) is 5.68. The summed E-state index contributed by atoms with van der Waals surface area (Å²) in [5.74, 6) is -0.922. The van der Waals surface area contributed by atoms with Crippen molar-refractivity contribution in [3.63, 3.8) is 0 Å². The van der Waals surface area contributed by atoms with Gasteiger partial charge in [-0.3, -0.25) is 0 Å². The van der Waals surface area contributed by atoms with E-state index in [1.165, 1.54) is 6.08 Å². The number of carboxylic acid groups (broad SMARTS) is 1. The van der Waals surface area contributed by atoms with Gasteiger partial charge in [-0.05, 0) is 25.5 Å². The van der Waals surface area contributed by atoms with E-state index in [4.69, 9.17) is 16.7 Å². The molecule has 0 fully saturated rings. The highest BCUT2D eigenvalue weighted by Crippen LogP contribution is 2.19. The van der Waals surface area contributed by atoms with Crippen LogP contribution in [0.15, 0.2) is 34.4 Å². The Morgan fingerprint density at radius 3 is 2.92 bits per heavy atom. The number of hydrogen-bond acceptors (Lipinski definition) is 1. The van der Waals surface area contributed by atoms with Crippen LogP contribution in [0.25, 0.3) is 0 Å². The van der Waals surface area contributed by atoms with Gasteiger partial charge < -0.3 is 5.11 Å². The van der Waals surface area contributed by atoms with Crippen molar-refractivity contribution in [2.24, 2.45) is 0 Å². The second kappa shape index (κ2) is 3.59. The summed E-state index contributed by atoms with van der Waals surface area (Å²) in [5.41, 5.74) is 1.12. The van der Waals surface area contributed by atoms with Gasteiger partial charge in [-0.25, -0.2) is 4.79 Å². The zero-order valence-electron chi connectivity index (χ0n) is 6.67. The topological polar surface area (TPSA) is 37.3 Å². The van der Waals surface area contributed by atoms with Crippen molar-refractivity contribution >= 4 is 17.6 Å². The SMILES string of the molecule is CC1=C(C(=O)O)C=C(Cl)C=CC1. The molecule has 0 heterocycles. The van der Waals surface area contributed by atoms with E-state index in [0.717, 1.165) is 5.57 Å². The fourth-order valence-corrected chi connectivity index (χ4v) is 1.21. The molecule has 0 aliphatic heterocycles. The number of carbonyl (C=O) groups is 1. The molecule has 0 aromatic heterocycles. The predicted octanol–water partition coefficient (Wildman–Crippen LogP) is 2.47. The first-order chi connectivity index (χ1) is 5.61. The molecule has 1 aliphatic carbocycles. The molecule has 0 aromatic carbocycles. The molecule has 0 saturated heterocycles. The van der Waals surface area contributed by atoms with E-state index in [-0.39, 0.29) is 0 Å². The van der Waals surface area contributed by atoms with E-state index >= 15 is 0 Å². The second-order valence-corrected chi connectivity index (χ2v) is 3.07. The van der Waals surface area contributed by atoms with Crippen LogP contribution in [0.3, 0.4) is 0 Å². The van der Waals surface area contributed by atoms with Crippen LogP contribution in [0.4, 0.5) is 0 Å². The Morgan fingerprint density at radius 1 is 1.67 bits per heavy atom. The van der Waals surface area contributed by atoms with Crippen LogP contribution in [0, 0.1) is 0 Å². The molecule has 0 spiro atoms. The molecule has 12 heavy (non-hydrogen) atoms. The van der Waals surface area contributed by atoms with Crippen LogP contribution in [0.2, 0.25) is 0 Å². The van der Waals surface area contributed by atoms with E-state index < -0.39 is 5.97 Å². The van der Waals surface area contributed by atoms with E-state index in [0.29, 0.717) is 17.0 Å². The third kappa shape index (κ3) is 1.98. The molecule has 0 radical (unpaired) electrons. The Hall–Kier alpha value is -1.02. The van der Waals surface area contributed by atoms with Gasteiger partial charge in [0.15, 0.2) is 0 Å². The molecule has 1 aliphatic rings. The van der Waals surface area contributed by atoms with Gasteiger partial charge in [0.25, 0.3) is 0 Å². The van der Waals surface area contributed by atoms with Crippen molar-refractivity contribution < 1.29 is 9.90 Å². The van der Waals surface area contributed by atoms with Crippen LogP contribution in [0.5, 0.6) is 0 Å². The van der Waals surface area contributed by atoms with Crippen molar-refractivity contribution in [2.45, 2.75) is 13.3 Å². The minimum atomic E-state index is -0.922. The largest absolute Gasteiger partial charge is 0.478 e. The molecule has 2 nitrogen and oxygen atoms in total. The lowest BCUT2D eigenvalue weighted by Crippen LogP contribution is -2.00. The quantitative estimate of drug-likeness (QED) is 0.680. The van der Waals surface area contributed by atoms with E-state index in [1.54, 1.807) is 13.0 Å². The van der Waals surface area contributed by atoms with Gasteiger partial charge in [0.1, 0.15) is 0 Å². The molecule has 0 atom stereocenters. The minimum absolute atomic E-state index is 0.296. The van der Waals surface area contributed by atoms with Gasteiger partial charge in [0.2, 0.25) is 0 Å². The van der Waals surface area contributed by atoms with Crippen molar-refractivity contribution in [3.8, 4) is 0 Å². The Morgan fingerprint density at radius 2 is 2.33 bits per heavy atom. The van der Waals surface area contributed by atoms with Gasteiger partial charge in [0.05, 0.1) is 5.57 Å². The number of halogens is 1. The molecule has 0 bridgehead atoms. The smallest absolute Gasteiger partial charge is 0.335 e. The highest BCUT2D eigenvalue weighted by Gasteiger charge is 2.10. The molecule has 3 heteroatoms. The summed E-state index contributed by atoms with van der Waals surface area (Å²) in [4.78, 5) is 10.7. The summed E-state index contributed by atoms with van der Waals surface area (Å²) >= 11 is 5.70. The summed E-state index contributed by atoms with van der Waals surface area (Å²) in [7, 11) is 0. The summed E-state index contributed by atoms with van der Waals surface area (Å²) in [6, 6.07) is 0. The Kier molecular flexibility index (Phi) is 2.71. The molecule has 0 aromatic rings. The number of rotatable bonds is 1. The summed E-state index contributed by atoms with van der Waals surface area (Å²) in [6.45, 7) is 1.79. The molecular weight excluding hydrogens is 176 g/mol. The van der Waals surface area contributed by atoms with E-state index in [9.17, 15) is 4.79 Å². The summed E-state index contributed by atoms with van der Waals surface area (Å²) < 4.78 is 0. The molecular formula is C9H9ClO2. The lowest BCUT2D eigenvalue weighted by Gasteiger charge is -1.98. The van der Waals surface area contributed by atoms with E-state index in [2.05, 4.69) is 0 Å². The maximum absolute atomic E-state index is 10.7. The average molecular weight is 185 g/mol. The van der Waals surface area contributed by atoms with E-state index in [1.807, 2.05) is 6.08 Å². The van der Waals surface area contributed by atoms with Crippen molar-refractivity contribution in [1.82, 2.24) is 0 Å². The zero-order chi connectivity index (χ0) is 9.14. The van der Waals surface area contributed by atoms with Crippen LogP contribution < -0.4 is 0 Å². The van der Waals surface area contributed by atoms with Crippen molar-refractivity contribution in [3.05, 3.63) is 34.4 Å². The lowest BCUT2D eigenvalue weighted by atomic mass is 10.1. The lowest BCUT2D eigenvalue weighted by molar-refractivity contribution is -0.132.